The second kappa shape index (κ2) is 4.97. The summed E-state index contributed by atoms with van der Waals surface area (Å²) in [5.74, 6) is -0.244. The number of rotatable bonds is 2. The van der Waals surface area contributed by atoms with Gasteiger partial charge < -0.3 is 4.74 Å². The van der Waals surface area contributed by atoms with Gasteiger partial charge in [-0.25, -0.2) is 4.79 Å². The summed E-state index contributed by atoms with van der Waals surface area (Å²) in [5, 5.41) is 4.34. The predicted molar refractivity (Wildman–Crippen MR) is 82.1 cm³/mol. The molecule has 0 aromatic heterocycles. The molecule has 2 nitrogen and oxygen atoms in total. The molecule has 20 heavy (non-hydrogen) atoms. The van der Waals surface area contributed by atoms with Crippen molar-refractivity contribution in [1.82, 2.24) is 0 Å². The van der Waals surface area contributed by atoms with Crippen LogP contribution in [0.2, 0.25) is 0 Å². The summed E-state index contributed by atoms with van der Waals surface area (Å²) >= 11 is 0. The normalized spacial score (nSPS) is 10.9. The first-order valence-corrected chi connectivity index (χ1v) is 6.81. The average Bonchev–Trinajstić information content (AvgIpc) is 2.48. The minimum atomic E-state index is -0.244. The third kappa shape index (κ3) is 1.85. The molecule has 0 radical (unpaired) electrons. The minimum absolute atomic E-state index is 0.244. The molecule has 100 valence electrons. The molecule has 0 aliphatic heterocycles. The molecule has 0 spiro atoms. The minimum Gasteiger partial charge on any atom is -0.462 e. The number of hydrogen-bond donors (Lipinski definition) is 0. The number of carbonyl (C=O) groups is 1. The monoisotopic (exact) mass is 264 g/mol. The zero-order chi connectivity index (χ0) is 14.1. The molecule has 0 N–H and O–H groups in total. The highest BCUT2D eigenvalue weighted by molar-refractivity contribution is 6.17. The zero-order valence-electron chi connectivity index (χ0n) is 11.6. The largest absolute Gasteiger partial charge is 0.462 e. The summed E-state index contributed by atoms with van der Waals surface area (Å²) in [4.78, 5) is 12.3. The number of aryl methyl sites for hydroxylation is 1. The first kappa shape index (κ1) is 12.7. The van der Waals surface area contributed by atoms with E-state index in [1.165, 1.54) is 5.39 Å². The zero-order valence-corrected chi connectivity index (χ0v) is 11.6. The van der Waals surface area contributed by atoms with Crippen LogP contribution in [0.1, 0.15) is 22.8 Å². The van der Waals surface area contributed by atoms with E-state index in [-0.39, 0.29) is 5.97 Å². The molecule has 2 heteroatoms. The molecule has 0 saturated heterocycles. The summed E-state index contributed by atoms with van der Waals surface area (Å²) in [6.45, 7) is 4.21. The van der Waals surface area contributed by atoms with Crippen molar-refractivity contribution in [2.24, 2.45) is 0 Å². The van der Waals surface area contributed by atoms with Gasteiger partial charge in [0.25, 0.3) is 0 Å². The van der Waals surface area contributed by atoms with Gasteiger partial charge in [0.15, 0.2) is 0 Å². The van der Waals surface area contributed by atoms with Crippen molar-refractivity contribution in [3.05, 3.63) is 59.7 Å². The summed E-state index contributed by atoms with van der Waals surface area (Å²) in [5.41, 5.74) is 1.67. The summed E-state index contributed by atoms with van der Waals surface area (Å²) in [6.07, 6.45) is 0. The number of benzene rings is 3. The van der Waals surface area contributed by atoms with Crippen LogP contribution in [-0.2, 0) is 4.74 Å². The molecule has 3 aromatic rings. The van der Waals surface area contributed by atoms with E-state index in [4.69, 9.17) is 4.74 Å². The van der Waals surface area contributed by atoms with E-state index in [1.807, 2.05) is 44.2 Å². The molecule has 0 aliphatic rings. The topological polar surface area (TPSA) is 26.3 Å². The highest BCUT2D eigenvalue weighted by atomic mass is 16.5. The van der Waals surface area contributed by atoms with E-state index >= 15 is 0 Å². The van der Waals surface area contributed by atoms with Gasteiger partial charge in [0.2, 0.25) is 0 Å². The SMILES string of the molecule is CCOC(=O)c1c(C)c2ccccc2c2ccccc12. The Morgan fingerprint density at radius 3 is 2.00 bits per heavy atom. The third-order valence-electron chi connectivity index (χ3n) is 3.67. The summed E-state index contributed by atoms with van der Waals surface area (Å²) in [7, 11) is 0. The first-order valence-electron chi connectivity index (χ1n) is 6.81. The number of fused-ring (bicyclic) bond motifs is 3. The lowest BCUT2D eigenvalue weighted by Crippen LogP contribution is -2.08. The van der Waals surface area contributed by atoms with Crippen molar-refractivity contribution in [2.75, 3.05) is 6.61 Å². The van der Waals surface area contributed by atoms with Crippen molar-refractivity contribution in [3.8, 4) is 0 Å². The number of carbonyl (C=O) groups excluding carboxylic acids is 1. The maximum Gasteiger partial charge on any atom is 0.339 e. The molecular formula is C18H16O2. The Morgan fingerprint density at radius 2 is 1.40 bits per heavy atom. The van der Waals surface area contributed by atoms with Crippen LogP contribution in [0.5, 0.6) is 0 Å². The average molecular weight is 264 g/mol. The lowest BCUT2D eigenvalue weighted by atomic mass is 9.92. The van der Waals surface area contributed by atoms with Gasteiger partial charge in [-0.15, -0.1) is 0 Å². The van der Waals surface area contributed by atoms with Gasteiger partial charge in [-0.2, -0.15) is 0 Å². The van der Waals surface area contributed by atoms with E-state index in [0.717, 1.165) is 21.7 Å². The second-order valence-corrected chi connectivity index (χ2v) is 4.81. The van der Waals surface area contributed by atoms with Gasteiger partial charge >= 0.3 is 5.97 Å². The Labute approximate surface area is 118 Å². The Kier molecular flexibility index (Phi) is 3.15. The fourth-order valence-corrected chi connectivity index (χ4v) is 2.78. The fourth-order valence-electron chi connectivity index (χ4n) is 2.78. The van der Waals surface area contributed by atoms with Crippen LogP contribution in [0.25, 0.3) is 21.5 Å². The molecule has 3 rings (SSSR count). The molecule has 0 amide bonds. The van der Waals surface area contributed by atoms with Gasteiger partial charge in [0, 0.05) is 0 Å². The van der Waals surface area contributed by atoms with Gasteiger partial charge in [-0.1, -0.05) is 48.5 Å². The van der Waals surface area contributed by atoms with Crippen LogP contribution in [0.3, 0.4) is 0 Å². The van der Waals surface area contributed by atoms with E-state index in [1.54, 1.807) is 0 Å². The summed E-state index contributed by atoms with van der Waals surface area (Å²) in [6, 6.07) is 16.2. The van der Waals surface area contributed by atoms with Crippen molar-refractivity contribution < 1.29 is 9.53 Å². The highest BCUT2D eigenvalue weighted by Crippen LogP contribution is 2.32. The smallest absolute Gasteiger partial charge is 0.339 e. The van der Waals surface area contributed by atoms with E-state index in [2.05, 4.69) is 18.2 Å². The molecule has 0 heterocycles. The molecule has 0 aliphatic carbocycles. The fraction of sp³-hybridized carbons (Fsp3) is 0.167. The van der Waals surface area contributed by atoms with Crippen molar-refractivity contribution in [1.29, 1.82) is 0 Å². The molecule has 0 bridgehead atoms. The quantitative estimate of drug-likeness (QED) is 0.504. The van der Waals surface area contributed by atoms with Crippen molar-refractivity contribution in [2.45, 2.75) is 13.8 Å². The Balaban J connectivity index is 2.48. The van der Waals surface area contributed by atoms with Crippen LogP contribution < -0.4 is 0 Å². The Morgan fingerprint density at radius 1 is 0.900 bits per heavy atom. The van der Waals surface area contributed by atoms with Crippen LogP contribution in [0.15, 0.2) is 48.5 Å². The third-order valence-corrected chi connectivity index (χ3v) is 3.67. The number of ether oxygens (including phenoxy) is 1. The molecule has 3 aromatic carbocycles. The van der Waals surface area contributed by atoms with E-state index < -0.39 is 0 Å². The summed E-state index contributed by atoms with van der Waals surface area (Å²) < 4.78 is 5.23. The van der Waals surface area contributed by atoms with Crippen LogP contribution >= 0.6 is 0 Å². The maximum atomic E-state index is 12.3. The lowest BCUT2D eigenvalue weighted by Gasteiger charge is -2.13. The first-order chi connectivity index (χ1) is 9.74. The van der Waals surface area contributed by atoms with Gasteiger partial charge in [-0.05, 0) is 41.0 Å². The lowest BCUT2D eigenvalue weighted by molar-refractivity contribution is 0.0528. The molecule has 0 saturated carbocycles. The maximum absolute atomic E-state index is 12.3. The Bertz CT molecular complexity index is 803. The van der Waals surface area contributed by atoms with Crippen LogP contribution in [-0.4, -0.2) is 12.6 Å². The molecule has 0 atom stereocenters. The number of hydrogen-bond acceptors (Lipinski definition) is 2. The van der Waals surface area contributed by atoms with Crippen LogP contribution in [0.4, 0.5) is 0 Å². The van der Waals surface area contributed by atoms with Crippen molar-refractivity contribution in [3.63, 3.8) is 0 Å². The standard InChI is InChI=1S/C18H16O2/c1-3-20-18(19)17-12(2)13-8-4-5-9-14(13)15-10-6-7-11-16(15)17/h4-11H,3H2,1-2H3. The number of esters is 1. The van der Waals surface area contributed by atoms with Gasteiger partial charge in [0.1, 0.15) is 0 Å². The predicted octanol–water partition coefficient (Wildman–Crippen LogP) is 4.48. The Hall–Kier alpha value is -2.35. The second-order valence-electron chi connectivity index (χ2n) is 4.81. The van der Waals surface area contributed by atoms with Crippen LogP contribution in [0, 0.1) is 6.92 Å². The molecular weight excluding hydrogens is 248 g/mol. The van der Waals surface area contributed by atoms with Gasteiger partial charge in [-0.3, -0.25) is 0 Å². The van der Waals surface area contributed by atoms with Crippen molar-refractivity contribution >= 4 is 27.5 Å². The molecule has 0 fully saturated rings. The van der Waals surface area contributed by atoms with E-state index in [9.17, 15) is 4.79 Å². The highest BCUT2D eigenvalue weighted by Gasteiger charge is 2.17. The molecule has 0 unspecified atom stereocenters. The van der Waals surface area contributed by atoms with E-state index in [0.29, 0.717) is 12.2 Å². The van der Waals surface area contributed by atoms with Gasteiger partial charge in [0.05, 0.1) is 12.2 Å².